The van der Waals surface area contributed by atoms with Crippen LogP contribution in [0, 0.1) is 0 Å². The molecule has 3 heteroatoms. The Morgan fingerprint density at radius 3 is 1.85 bits per heavy atom. The predicted molar refractivity (Wildman–Crippen MR) is 237 cm³/mol. The molecule has 0 saturated carbocycles. The summed E-state index contributed by atoms with van der Waals surface area (Å²) >= 11 is 1.88. The standard InChI is InChI=1S/C52H34N2S/c1-3-16-35(17-4-1)38-32-33-49(40-21-8-7-20-39(38)40)53(36-18-5-2-6-19-36)37-30-31-43-41-22-9-12-27-47(41)54(50(43)34-37)48-28-13-10-23-42(48)45-25-15-26-46-44-24-11-14-29-51(44)55-52(45)46/h1-34H. The van der Waals surface area contributed by atoms with Gasteiger partial charge in [-0.2, -0.15) is 0 Å². The van der Waals surface area contributed by atoms with Crippen molar-refractivity contribution in [3.05, 3.63) is 206 Å². The fourth-order valence-electron chi connectivity index (χ4n) is 8.57. The first kappa shape index (κ1) is 31.6. The average molecular weight is 719 g/mol. The Kier molecular flexibility index (Phi) is 7.39. The molecule has 258 valence electrons. The van der Waals surface area contributed by atoms with Crippen molar-refractivity contribution in [3.8, 4) is 27.9 Å². The van der Waals surface area contributed by atoms with Gasteiger partial charge >= 0.3 is 0 Å². The molecular formula is C52H34N2S. The molecule has 0 aliphatic rings. The average Bonchev–Trinajstić information content (AvgIpc) is 3.80. The number of benzene rings is 9. The molecule has 0 radical (unpaired) electrons. The number of para-hydroxylation sites is 3. The third-order valence-corrected chi connectivity index (χ3v) is 12.2. The van der Waals surface area contributed by atoms with Gasteiger partial charge in [0.1, 0.15) is 0 Å². The van der Waals surface area contributed by atoms with E-state index in [9.17, 15) is 0 Å². The maximum Gasteiger partial charge on any atom is 0.0562 e. The minimum atomic E-state index is 1.10. The van der Waals surface area contributed by atoms with Gasteiger partial charge in [-0.25, -0.2) is 0 Å². The van der Waals surface area contributed by atoms with E-state index in [2.05, 4.69) is 216 Å². The van der Waals surface area contributed by atoms with Crippen molar-refractivity contribution in [3.63, 3.8) is 0 Å². The predicted octanol–water partition coefficient (Wildman–Crippen LogP) is 15.1. The van der Waals surface area contributed by atoms with Gasteiger partial charge in [-0.05, 0) is 65.0 Å². The summed E-state index contributed by atoms with van der Waals surface area (Å²) in [6.45, 7) is 0. The number of hydrogen-bond acceptors (Lipinski definition) is 2. The highest BCUT2D eigenvalue weighted by Gasteiger charge is 2.22. The van der Waals surface area contributed by atoms with Crippen molar-refractivity contribution in [1.82, 2.24) is 4.57 Å². The van der Waals surface area contributed by atoms with Gasteiger partial charge in [-0.1, -0.05) is 158 Å². The van der Waals surface area contributed by atoms with Crippen LogP contribution >= 0.6 is 11.3 Å². The molecule has 0 aliphatic heterocycles. The summed E-state index contributed by atoms with van der Waals surface area (Å²) in [7, 11) is 0. The summed E-state index contributed by atoms with van der Waals surface area (Å²) in [5.74, 6) is 0. The monoisotopic (exact) mass is 718 g/mol. The van der Waals surface area contributed by atoms with E-state index in [-0.39, 0.29) is 0 Å². The maximum atomic E-state index is 2.48. The fraction of sp³-hybridized carbons (Fsp3) is 0. The van der Waals surface area contributed by atoms with Gasteiger partial charge in [0.2, 0.25) is 0 Å². The fourth-order valence-corrected chi connectivity index (χ4v) is 9.80. The molecule has 55 heavy (non-hydrogen) atoms. The highest BCUT2D eigenvalue weighted by Crippen LogP contribution is 2.46. The molecule has 11 aromatic rings. The third kappa shape index (κ3) is 5.09. The molecule has 2 aromatic heterocycles. The lowest BCUT2D eigenvalue weighted by Gasteiger charge is -2.28. The Morgan fingerprint density at radius 2 is 1.00 bits per heavy atom. The first-order valence-corrected chi connectivity index (χ1v) is 19.6. The zero-order valence-electron chi connectivity index (χ0n) is 29.9. The number of anilines is 3. The summed E-state index contributed by atoms with van der Waals surface area (Å²) in [4.78, 5) is 2.42. The van der Waals surface area contributed by atoms with Gasteiger partial charge in [0.25, 0.3) is 0 Å². The van der Waals surface area contributed by atoms with Crippen molar-refractivity contribution >= 4 is 81.1 Å². The molecule has 0 fully saturated rings. The first-order chi connectivity index (χ1) is 27.3. The largest absolute Gasteiger partial charge is 0.310 e. The molecule has 0 bridgehead atoms. The Hall–Kier alpha value is -6.94. The molecule has 0 unspecified atom stereocenters. The second kappa shape index (κ2) is 12.9. The summed E-state index contributed by atoms with van der Waals surface area (Å²) in [5, 5.41) is 7.52. The second-order valence-electron chi connectivity index (χ2n) is 14.1. The van der Waals surface area contributed by atoms with E-state index in [0.717, 1.165) is 17.1 Å². The van der Waals surface area contributed by atoms with Crippen LogP contribution in [0.1, 0.15) is 0 Å². The zero-order valence-corrected chi connectivity index (χ0v) is 30.7. The van der Waals surface area contributed by atoms with Crippen LogP contribution in [-0.4, -0.2) is 4.57 Å². The van der Waals surface area contributed by atoms with E-state index in [0.29, 0.717) is 0 Å². The quantitative estimate of drug-likeness (QED) is 0.166. The van der Waals surface area contributed by atoms with Crippen molar-refractivity contribution < 1.29 is 0 Å². The lowest BCUT2D eigenvalue weighted by Crippen LogP contribution is -2.10. The normalized spacial score (nSPS) is 11.6. The summed E-state index contributed by atoms with van der Waals surface area (Å²) in [6, 6.07) is 75.1. The van der Waals surface area contributed by atoms with Crippen molar-refractivity contribution in [2.24, 2.45) is 0 Å². The van der Waals surface area contributed by atoms with Crippen LogP contribution in [0.4, 0.5) is 17.1 Å². The van der Waals surface area contributed by atoms with Gasteiger partial charge in [-0.3, -0.25) is 0 Å². The van der Waals surface area contributed by atoms with Gasteiger partial charge in [0, 0.05) is 58.8 Å². The van der Waals surface area contributed by atoms with Crippen molar-refractivity contribution in [2.45, 2.75) is 0 Å². The lowest BCUT2D eigenvalue weighted by atomic mass is 9.96. The van der Waals surface area contributed by atoms with Crippen LogP contribution in [0.2, 0.25) is 0 Å². The molecule has 0 amide bonds. The van der Waals surface area contributed by atoms with Crippen LogP contribution in [0.5, 0.6) is 0 Å². The number of thiophene rings is 1. The Bertz CT molecular complexity index is 3210. The highest BCUT2D eigenvalue weighted by molar-refractivity contribution is 7.26. The number of fused-ring (bicyclic) bond motifs is 7. The third-order valence-electron chi connectivity index (χ3n) is 11.0. The summed E-state index contributed by atoms with van der Waals surface area (Å²) in [5.41, 5.74) is 11.8. The van der Waals surface area contributed by atoms with Crippen LogP contribution in [0.3, 0.4) is 0 Å². The molecule has 0 N–H and O–H groups in total. The molecule has 2 nitrogen and oxygen atoms in total. The Balaban J connectivity index is 1.17. The van der Waals surface area contributed by atoms with Gasteiger partial charge in [0.05, 0.1) is 22.4 Å². The molecular weight excluding hydrogens is 685 g/mol. The lowest BCUT2D eigenvalue weighted by molar-refractivity contribution is 1.18. The van der Waals surface area contributed by atoms with E-state index < -0.39 is 0 Å². The SMILES string of the molecule is c1ccc(-c2ccc(N(c3ccccc3)c3ccc4c5ccccc5n(-c5ccccc5-c5cccc6c5sc5ccccc56)c4c3)c3ccccc23)cc1. The number of hydrogen-bond donors (Lipinski definition) is 0. The maximum absolute atomic E-state index is 2.48. The Labute approximate surface area is 323 Å². The van der Waals surface area contributed by atoms with Gasteiger partial charge < -0.3 is 9.47 Å². The van der Waals surface area contributed by atoms with E-state index in [1.165, 1.54) is 80.7 Å². The summed E-state index contributed by atoms with van der Waals surface area (Å²) in [6.07, 6.45) is 0. The van der Waals surface area contributed by atoms with E-state index in [1.54, 1.807) is 0 Å². The molecule has 9 aromatic carbocycles. The molecule has 0 saturated heterocycles. The van der Waals surface area contributed by atoms with Crippen molar-refractivity contribution in [1.29, 1.82) is 0 Å². The topological polar surface area (TPSA) is 8.17 Å². The minimum absolute atomic E-state index is 1.10. The second-order valence-corrected chi connectivity index (χ2v) is 15.1. The van der Waals surface area contributed by atoms with Crippen LogP contribution in [0.25, 0.3) is 80.7 Å². The molecule has 11 rings (SSSR count). The number of aromatic nitrogens is 1. The first-order valence-electron chi connectivity index (χ1n) is 18.8. The number of nitrogens with zero attached hydrogens (tertiary/aromatic N) is 2. The smallest absolute Gasteiger partial charge is 0.0562 e. The molecule has 2 heterocycles. The van der Waals surface area contributed by atoms with E-state index in [1.807, 2.05) is 11.3 Å². The summed E-state index contributed by atoms with van der Waals surface area (Å²) < 4.78 is 5.11. The Morgan fingerprint density at radius 1 is 0.364 bits per heavy atom. The van der Waals surface area contributed by atoms with E-state index >= 15 is 0 Å². The molecule has 0 atom stereocenters. The van der Waals surface area contributed by atoms with E-state index in [4.69, 9.17) is 0 Å². The molecule has 0 spiro atoms. The molecule has 0 aliphatic carbocycles. The van der Waals surface area contributed by atoms with Crippen molar-refractivity contribution in [2.75, 3.05) is 4.90 Å². The minimum Gasteiger partial charge on any atom is -0.310 e. The zero-order chi connectivity index (χ0) is 36.3. The number of rotatable bonds is 6. The van der Waals surface area contributed by atoms with Crippen LogP contribution in [0.15, 0.2) is 206 Å². The van der Waals surface area contributed by atoms with Gasteiger partial charge in [-0.15, -0.1) is 11.3 Å². The van der Waals surface area contributed by atoms with Crippen LogP contribution in [-0.2, 0) is 0 Å². The van der Waals surface area contributed by atoms with Gasteiger partial charge in [0.15, 0.2) is 0 Å². The van der Waals surface area contributed by atoms with Crippen LogP contribution < -0.4 is 4.90 Å². The highest BCUT2D eigenvalue weighted by atomic mass is 32.1.